The van der Waals surface area contributed by atoms with Crippen LogP contribution in [0.2, 0.25) is 0 Å². The van der Waals surface area contributed by atoms with Crippen LogP contribution >= 0.6 is 23.5 Å². The highest BCUT2D eigenvalue weighted by atomic mass is 32.2. The lowest BCUT2D eigenvalue weighted by molar-refractivity contribution is 0.426. The summed E-state index contributed by atoms with van der Waals surface area (Å²) in [5.41, 5.74) is -0.156. The maximum atomic E-state index is 8.88. The highest BCUT2D eigenvalue weighted by Crippen LogP contribution is 2.23. The molecule has 0 aliphatic carbocycles. The summed E-state index contributed by atoms with van der Waals surface area (Å²) in [6.45, 7) is 6.21. The second-order valence-electron chi connectivity index (χ2n) is 4.87. The third kappa shape index (κ3) is 6.03. The highest BCUT2D eigenvalue weighted by Gasteiger charge is 2.16. The Labute approximate surface area is 108 Å². The van der Waals surface area contributed by atoms with Crippen molar-refractivity contribution >= 4 is 23.5 Å². The van der Waals surface area contributed by atoms with Gasteiger partial charge in [-0.05, 0) is 33.2 Å². The fourth-order valence-corrected chi connectivity index (χ4v) is 4.28. The summed E-state index contributed by atoms with van der Waals surface area (Å²) in [7, 11) is 0. The summed E-state index contributed by atoms with van der Waals surface area (Å²) in [5.74, 6) is 3.91. The van der Waals surface area contributed by atoms with Gasteiger partial charge in [0.05, 0.1) is 11.5 Å². The van der Waals surface area contributed by atoms with Gasteiger partial charge in [0.25, 0.3) is 0 Å². The van der Waals surface area contributed by atoms with Crippen LogP contribution in [0.15, 0.2) is 0 Å². The molecule has 0 bridgehead atoms. The van der Waals surface area contributed by atoms with E-state index in [9.17, 15) is 0 Å². The molecule has 16 heavy (non-hydrogen) atoms. The average molecular weight is 258 g/mol. The minimum atomic E-state index is -0.156. The Balaban J connectivity index is 1.97. The molecule has 0 spiro atoms. The minimum absolute atomic E-state index is 0.156. The van der Waals surface area contributed by atoms with Gasteiger partial charge in [-0.15, -0.1) is 0 Å². The molecule has 2 nitrogen and oxygen atoms in total. The van der Waals surface area contributed by atoms with Crippen LogP contribution in [-0.4, -0.2) is 35.6 Å². The molecular weight excluding hydrogens is 236 g/mol. The number of rotatable bonds is 6. The van der Waals surface area contributed by atoms with Gasteiger partial charge in [-0.25, -0.2) is 0 Å². The van der Waals surface area contributed by atoms with Gasteiger partial charge in [-0.2, -0.15) is 28.8 Å². The van der Waals surface area contributed by atoms with Crippen molar-refractivity contribution in [1.29, 1.82) is 5.26 Å². The molecule has 1 aliphatic heterocycles. The fraction of sp³-hybridized carbons (Fsp3) is 0.917. The van der Waals surface area contributed by atoms with Crippen molar-refractivity contribution in [2.24, 2.45) is 5.41 Å². The van der Waals surface area contributed by atoms with Gasteiger partial charge in [-0.3, -0.25) is 0 Å². The van der Waals surface area contributed by atoms with Crippen molar-refractivity contribution in [3.05, 3.63) is 0 Å². The number of nitriles is 1. The predicted octanol–water partition coefficient (Wildman–Crippen LogP) is 2.75. The Bertz CT molecular complexity index is 230. The molecule has 0 aromatic carbocycles. The van der Waals surface area contributed by atoms with Gasteiger partial charge in [0.2, 0.25) is 0 Å². The predicted molar refractivity (Wildman–Crippen MR) is 75.1 cm³/mol. The molecule has 0 saturated carbocycles. The molecule has 1 unspecified atom stereocenters. The largest absolute Gasteiger partial charge is 0.316 e. The third-order valence-corrected chi connectivity index (χ3v) is 5.56. The van der Waals surface area contributed by atoms with Crippen LogP contribution in [0.1, 0.15) is 26.7 Å². The molecule has 1 saturated heterocycles. The van der Waals surface area contributed by atoms with Gasteiger partial charge in [0.15, 0.2) is 0 Å². The van der Waals surface area contributed by atoms with E-state index in [0.717, 1.165) is 31.2 Å². The molecule has 1 N–H and O–H groups in total. The van der Waals surface area contributed by atoms with Gasteiger partial charge in [0.1, 0.15) is 0 Å². The van der Waals surface area contributed by atoms with E-state index in [4.69, 9.17) is 5.26 Å². The van der Waals surface area contributed by atoms with Crippen molar-refractivity contribution < 1.29 is 0 Å². The maximum Gasteiger partial charge on any atom is 0.0683 e. The summed E-state index contributed by atoms with van der Waals surface area (Å²) in [6.07, 6.45) is 2.09. The van der Waals surface area contributed by atoms with E-state index in [1.54, 1.807) is 0 Å². The number of thioether (sulfide) groups is 2. The third-order valence-electron chi connectivity index (χ3n) is 2.71. The minimum Gasteiger partial charge on any atom is -0.316 e. The van der Waals surface area contributed by atoms with E-state index in [1.807, 2.05) is 13.8 Å². The molecular formula is C12H22N2S2. The van der Waals surface area contributed by atoms with E-state index in [1.165, 1.54) is 17.3 Å². The van der Waals surface area contributed by atoms with Crippen LogP contribution in [-0.2, 0) is 0 Å². The maximum absolute atomic E-state index is 8.88. The molecule has 92 valence electrons. The van der Waals surface area contributed by atoms with Crippen LogP contribution < -0.4 is 5.32 Å². The van der Waals surface area contributed by atoms with E-state index in [0.29, 0.717) is 0 Å². The van der Waals surface area contributed by atoms with E-state index in [-0.39, 0.29) is 5.41 Å². The van der Waals surface area contributed by atoms with Gasteiger partial charge in [0, 0.05) is 29.1 Å². The van der Waals surface area contributed by atoms with Crippen LogP contribution in [0.25, 0.3) is 0 Å². The van der Waals surface area contributed by atoms with E-state index in [2.05, 4.69) is 34.9 Å². The molecule has 0 aromatic rings. The van der Waals surface area contributed by atoms with Crippen LogP contribution in [0.3, 0.4) is 0 Å². The first-order valence-electron chi connectivity index (χ1n) is 5.95. The fourth-order valence-electron chi connectivity index (χ4n) is 1.63. The molecule has 1 aliphatic rings. The smallest absolute Gasteiger partial charge is 0.0683 e. The first-order valence-corrected chi connectivity index (χ1v) is 8.16. The monoisotopic (exact) mass is 258 g/mol. The molecule has 1 fully saturated rings. The van der Waals surface area contributed by atoms with Crippen molar-refractivity contribution in [1.82, 2.24) is 5.32 Å². The lowest BCUT2D eigenvalue weighted by atomic mass is 9.90. The topological polar surface area (TPSA) is 35.8 Å². The summed E-state index contributed by atoms with van der Waals surface area (Å²) in [6, 6.07) is 2.35. The Morgan fingerprint density at radius 1 is 1.44 bits per heavy atom. The zero-order valence-corrected chi connectivity index (χ0v) is 11.9. The molecule has 1 rings (SSSR count). The van der Waals surface area contributed by atoms with E-state index < -0.39 is 0 Å². The number of hydrogen-bond acceptors (Lipinski definition) is 4. The van der Waals surface area contributed by atoms with Crippen molar-refractivity contribution in [3.63, 3.8) is 0 Å². The van der Waals surface area contributed by atoms with Gasteiger partial charge >= 0.3 is 0 Å². The molecule has 0 radical (unpaired) electrons. The second-order valence-corrected chi connectivity index (χ2v) is 7.43. The molecule has 0 aromatic heterocycles. The lowest BCUT2D eigenvalue weighted by Crippen LogP contribution is -2.30. The summed E-state index contributed by atoms with van der Waals surface area (Å²) in [4.78, 5) is 0. The normalized spacial score (nSPS) is 21.7. The van der Waals surface area contributed by atoms with Crippen LogP contribution in [0, 0.1) is 16.7 Å². The molecule has 1 heterocycles. The molecule has 0 amide bonds. The summed E-state index contributed by atoms with van der Waals surface area (Å²) in [5, 5.41) is 13.2. The summed E-state index contributed by atoms with van der Waals surface area (Å²) < 4.78 is 0. The lowest BCUT2D eigenvalue weighted by Gasteiger charge is -2.21. The van der Waals surface area contributed by atoms with Crippen molar-refractivity contribution in [3.8, 4) is 6.07 Å². The standard InChI is InChI=1S/C12H22N2S2/c1-12(2,10-13)4-3-5-14-8-11-9-15-6-7-16-11/h11,14H,3-9H2,1-2H3. The average Bonchev–Trinajstić information content (AvgIpc) is 2.30. The highest BCUT2D eigenvalue weighted by molar-refractivity contribution is 8.06. The van der Waals surface area contributed by atoms with E-state index >= 15 is 0 Å². The molecule has 4 heteroatoms. The first kappa shape index (κ1) is 14.2. The number of nitrogens with one attached hydrogen (secondary N) is 1. The summed E-state index contributed by atoms with van der Waals surface area (Å²) >= 11 is 4.17. The van der Waals surface area contributed by atoms with Crippen molar-refractivity contribution in [2.45, 2.75) is 31.9 Å². The number of nitrogens with zero attached hydrogens (tertiary/aromatic N) is 1. The van der Waals surface area contributed by atoms with Crippen LogP contribution in [0.4, 0.5) is 0 Å². The zero-order valence-electron chi connectivity index (χ0n) is 10.3. The van der Waals surface area contributed by atoms with Crippen molar-refractivity contribution in [2.75, 3.05) is 30.3 Å². The number of hydrogen-bond donors (Lipinski definition) is 1. The second kappa shape index (κ2) is 7.47. The first-order chi connectivity index (χ1) is 7.64. The Kier molecular flexibility index (Phi) is 6.64. The van der Waals surface area contributed by atoms with Gasteiger partial charge in [-0.1, -0.05) is 0 Å². The van der Waals surface area contributed by atoms with Crippen LogP contribution in [0.5, 0.6) is 0 Å². The Morgan fingerprint density at radius 3 is 2.88 bits per heavy atom. The quantitative estimate of drug-likeness (QED) is 0.743. The zero-order chi connectivity index (χ0) is 11.9. The Morgan fingerprint density at radius 2 is 2.25 bits per heavy atom. The molecule has 1 atom stereocenters. The SMILES string of the molecule is CC(C)(C#N)CCCNCC1CSCCS1. The van der Waals surface area contributed by atoms with Gasteiger partial charge < -0.3 is 5.32 Å². The Hall–Kier alpha value is 0.150.